The lowest BCUT2D eigenvalue weighted by molar-refractivity contribution is -0.119. The van der Waals surface area contributed by atoms with Gasteiger partial charge in [0.1, 0.15) is 6.33 Å². The second kappa shape index (κ2) is 8.00. The Morgan fingerprint density at radius 3 is 3.17 bits per heavy atom. The SMILES string of the molecule is Cc1ccc(-n2cnnc2SCC(=O)NC[C@H]2CCCO2)cc1Cl. The fourth-order valence-corrected chi connectivity index (χ4v) is 3.38. The number of thioether (sulfide) groups is 1. The van der Waals surface area contributed by atoms with E-state index in [9.17, 15) is 4.79 Å². The normalized spacial score (nSPS) is 17.2. The van der Waals surface area contributed by atoms with Crippen LogP contribution in [-0.4, -0.2) is 45.7 Å². The summed E-state index contributed by atoms with van der Waals surface area (Å²) in [7, 11) is 0. The third kappa shape index (κ3) is 4.28. The molecule has 1 fully saturated rings. The van der Waals surface area contributed by atoms with Crippen LogP contribution in [0.15, 0.2) is 29.7 Å². The summed E-state index contributed by atoms with van der Waals surface area (Å²) in [4.78, 5) is 12.0. The number of aromatic nitrogens is 3. The Morgan fingerprint density at radius 2 is 2.42 bits per heavy atom. The van der Waals surface area contributed by atoms with Crippen molar-refractivity contribution in [3.63, 3.8) is 0 Å². The number of amides is 1. The van der Waals surface area contributed by atoms with E-state index in [0.717, 1.165) is 30.7 Å². The molecule has 3 rings (SSSR count). The molecule has 1 amide bonds. The average Bonchev–Trinajstić information content (AvgIpc) is 3.25. The molecule has 6 nitrogen and oxygen atoms in total. The van der Waals surface area contributed by atoms with E-state index in [0.29, 0.717) is 16.7 Å². The van der Waals surface area contributed by atoms with Crippen LogP contribution in [0.1, 0.15) is 18.4 Å². The number of rotatable bonds is 6. The van der Waals surface area contributed by atoms with Crippen molar-refractivity contribution in [3.8, 4) is 5.69 Å². The standard InChI is InChI=1S/C16H19ClN4O2S/c1-11-4-5-12(7-14(11)17)21-10-19-20-16(21)24-9-15(22)18-8-13-3-2-6-23-13/h4-5,7,10,13H,2-3,6,8-9H2,1H3,(H,18,22)/t13-/m1/s1. The van der Waals surface area contributed by atoms with E-state index in [4.69, 9.17) is 16.3 Å². The number of halogens is 1. The molecule has 0 spiro atoms. The number of benzene rings is 1. The molecule has 0 saturated carbocycles. The van der Waals surface area contributed by atoms with E-state index in [1.165, 1.54) is 11.8 Å². The Morgan fingerprint density at radius 1 is 1.54 bits per heavy atom. The monoisotopic (exact) mass is 366 g/mol. The van der Waals surface area contributed by atoms with Crippen LogP contribution in [0, 0.1) is 6.92 Å². The molecule has 8 heteroatoms. The molecule has 1 aromatic carbocycles. The number of hydrogen-bond acceptors (Lipinski definition) is 5. The molecular formula is C16H19ClN4O2S. The number of ether oxygens (including phenoxy) is 1. The van der Waals surface area contributed by atoms with Gasteiger partial charge in [-0.25, -0.2) is 0 Å². The maximum absolute atomic E-state index is 12.0. The number of aryl methyl sites for hydroxylation is 1. The highest BCUT2D eigenvalue weighted by Gasteiger charge is 2.17. The first-order chi connectivity index (χ1) is 11.6. The predicted octanol–water partition coefficient (Wildman–Crippen LogP) is 2.62. The number of nitrogens with zero attached hydrogens (tertiary/aromatic N) is 3. The number of hydrogen-bond donors (Lipinski definition) is 1. The third-order valence-electron chi connectivity index (χ3n) is 3.83. The summed E-state index contributed by atoms with van der Waals surface area (Å²) in [6.45, 7) is 3.31. The van der Waals surface area contributed by atoms with Gasteiger partial charge in [0.2, 0.25) is 5.91 Å². The van der Waals surface area contributed by atoms with Gasteiger partial charge in [0, 0.05) is 18.2 Å². The molecule has 1 aliphatic rings. The second-order valence-corrected chi connectivity index (χ2v) is 6.99. The fourth-order valence-electron chi connectivity index (χ4n) is 2.45. The Hall–Kier alpha value is -1.57. The first kappa shape index (κ1) is 17.3. The third-order valence-corrected chi connectivity index (χ3v) is 5.18. The van der Waals surface area contributed by atoms with E-state index in [1.54, 1.807) is 6.33 Å². The van der Waals surface area contributed by atoms with Gasteiger partial charge < -0.3 is 10.1 Å². The highest BCUT2D eigenvalue weighted by molar-refractivity contribution is 7.99. The van der Waals surface area contributed by atoms with Crippen molar-refractivity contribution < 1.29 is 9.53 Å². The summed E-state index contributed by atoms with van der Waals surface area (Å²) >= 11 is 7.52. The van der Waals surface area contributed by atoms with Crippen LogP contribution in [-0.2, 0) is 9.53 Å². The van der Waals surface area contributed by atoms with Gasteiger partial charge in [-0.1, -0.05) is 29.4 Å². The first-order valence-corrected chi connectivity index (χ1v) is 9.17. The van der Waals surface area contributed by atoms with Crippen molar-refractivity contribution in [1.82, 2.24) is 20.1 Å². The van der Waals surface area contributed by atoms with Crippen molar-refractivity contribution in [1.29, 1.82) is 0 Å². The van der Waals surface area contributed by atoms with Crippen molar-refractivity contribution in [2.75, 3.05) is 18.9 Å². The number of carbonyl (C=O) groups is 1. The van der Waals surface area contributed by atoms with Gasteiger partial charge in [-0.2, -0.15) is 0 Å². The smallest absolute Gasteiger partial charge is 0.230 e. The van der Waals surface area contributed by atoms with Gasteiger partial charge in [0.05, 0.1) is 17.5 Å². The van der Waals surface area contributed by atoms with Gasteiger partial charge in [0.15, 0.2) is 5.16 Å². The Balaban J connectivity index is 1.57. The maximum atomic E-state index is 12.0. The van der Waals surface area contributed by atoms with E-state index in [2.05, 4.69) is 15.5 Å². The van der Waals surface area contributed by atoms with E-state index in [-0.39, 0.29) is 17.8 Å². The lowest BCUT2D eigenvalue weighted by Crippen LogP contribution is -2.32. The van der Waals surface area contributed by atoms with Crippen LogP contribution in [0.4, 0.5) is 0 Å². The average molecular weight is 367 g/mol. The lowest BCUT2D eigenvalue weighted by Gasteiger charge is -2.11. The van der Waals surface area contributed by atoms with Gasteiger partial charge in [-0.05, 0) is 37.5 Å². The molecule has 24 heavy (non-hydrogen) atoms. The second-order valence-electron chi connectivity index (χ2n) is 5.64. The molecule has 128 valence electrons. The molecular weight excluding hydrogens is 348 g/mol. The molecule has 0 unspecified atom stereocenters. The van der Waals surface area contributed by atoms with Gasteiger partial charge in [0.25, 0.3) is 0 Å². The molecule has 2 aromatic rings. The largest absolute Gasteiger partial charge is 0.376 e. The molecule has 1 aromatic heterocycles. The summed E-state index contributed by atoms with van der Waals surface area (Å²) in [6.07, 6.45) is 3.85. The van der Waals surface area contributed by atoms with Crippen LogP contribution >= 0.6 is 23.4 Å². The summed E-state index contributed by atoms with van der Waals surface area (Å²) in [5, 5.41) is 12.3. The zero-order valence-electron chi connectivity index (χ0n) is 13.4. The predicted molar refractivity (Wildman–Crippen MR) is 93.8 cm³/mol. The quantitative estimate of drug-likeness (QED) is 0.796. The maximum Gasteiger partial charge on any atom is 0.230 e. The lowest BCUT2D eigenvalue weighted by atomic mass is 10.2. The molecule has 0 radical (unpaired) electrons. The van der Waals surface area contributed by atoms with Crippen LogP contribution in [0.3, 0.4) is 0 Å². The van der Waals surface area contributed by atoms with E-state index >= 15 is 0 Å². The minimum absolute atomic E-state index is 0.0352. The fraction of sp³-hybridized carbons (Fsp3) is 0.438. The van der Waals surface area contributed by atoms with Crippen molar-refractivity contribution in [2.45, 2.75) is 31.0 Å². The van der Waals surface area contributed by atoms with E-state index in [1.807, 2.05) is 29.7 Å². The highest BCUT2D eigenvalue weighted by atomic mass is 35.5. The van der Waals surface area contributed by atoms with Crippen LogP contribution < -0.4 is 5.32 Å². The summed E-state index contributed by atoms with van der Waals surface area (Å²) in [5.74, 6) is 0.248. The molecule has 0 bridgehead atoms. The zero-order valence-corrected chi connectivity index (χ0v) is 14.9. The van der Waals surface area contributed by atoms with E-state index < -0.39 is 0 Å². The van der Waals surface area contributed by atoms with Crippen molar-refractivity contribution >= 4 is 29.3 Å². The number of nitrogens with one attached hydrogen (secondary N) is 1. The minimum Gasteiger partial charge on any atom is -0.376 e. The summed E-state index contributed by atoms with van der Waals surface area (Å²) < 4.78 is 7.31. The Labute approximate surface area is 149 Å². The van der Waals surface area contributed by atoms with Crippen LogP contribution in [0.5, 0.6) is 0 Å². The van der Waals surface area contributed by atoms with Crippen LogP contribution in [0.25, 0.3) is 5.69 Å². The summed E-state index contributed by atoms with van der Waals surface area (Å²) in [5.41, 5.74) is 1.88. The Kier molecular flexibility index (Phi) is 5.76. The Bertz CT molecular complexity index is 716. The zero-order chi connectivity index (χ0) is 16.9. The first-order valence-electron chi connectivity index (χ1n) is 7.81. The molecule has 2 heterocycles. The number of carbonyl (C=O) groups excluding carboxylic acids is 1. The topological polar surface area (TPSA) is 69.0 Å². The van der Waals surface area contributed by atoms with Crippen LogP contribution in [0.2, 0.25) is 5.02 Å². The highest BCUT2D eigenvalue weighted by Crippen LogP contribution is 2.23. The van der Waals surface area contributed by atoms with Gasteiger partial charge in [-0.3, -0.25) is 9.36 Å². The minimum atomic E-state index is -0.0352. The van der Waals surface area contributed by atoms with Gasteiger partial charge >= 0.3 is 0 Å². The van der Waals surface area contributed by atoms with Crippen molar-refractivity contribution in [3.05, 3.63) is 35.1 Å². The molecule has 1 aliphatic heterocycles. The molecule has 1 saturated heterocycles. The molecule has 1 atom stereocenters. The summed E-state index contributed by atoms with van der Waals surface area (Å²) in [6, 6.07) is 5.76. The molecule has 1 N–H and O–H groups in total. The van der Waals surface area contributed by atoms with Gasteiger partial charge in [-0.15, -0.1) is 10.2 Å². The molecule has 0 aliphatic carbocycles. The van der Waals surface area contributed by atoms with Crippen molar-refractivity contribution in [2.24, 2.45) is 0 Å².